The quantitative estimate of drug-likeness (QED) is 0.655. The number of nitrogens with one attached hydrogen (secondary N) is 1. The first kappa shape index (κ1) is 19.1. The van der Waals surface area contributed by atoms with Crippen molar-refractivity contribution in [3.8, 4) is 5.75 Å². The van der Waals surface area contributed by atoms with E-state index in [-0.39, 0.29) is 16.7 Å². The van der Waals surface area contributed by atoms with Gasteiger partial charge in [0.15, 0.2) is 9.84 Å². The zero-order chi connectivity index (χ0) is 19.3. The van der Waals surface area contributed by atoms with Crippen LogP contribution < -0.4 is 10.1 Å². The number of methoxy groups -OCH3 is 1. The maximum Gasteiger partial charge on any atom is 0.251 e. The van der Waals surface area contributed by atoms with E-state index in [0.717, 1.165) is 0 Å². The van der Waals surface area contributed by atoms with Gasteiger partial charge in [-0.15, -0.1) is 11.3 Å². The highest BCUT2D eigenvalue weighted by molar-refractivity contribution is 7.93. The first-order chi connectivity index (χ1) is 13.0. The van der Waals surface area contributed by atoms with E-state index < -0.39 is 15.1 Å². The van der Waals surface area contributed by atoms with Crippen LogP contribution in [0.15, 0.2) is 76.3 Å². The Balaban J connectivity index is 1.83. The lowest BCUT2D eigenvalue weighted by Gasteiger charge is -2.18. The summed E-state index contributed by atoms with van der Waals surface area (Å²) in [5, 5.41) is 3.61. The third-order valence-corrected chi connectivity index (χ3v) is 7.65. The van der Waals surface area contributed by atoms with E-state index in [9.17, 15) is 13.2 Å². The van der Waals surface area contributed by atoms with Gasteiger partial charge < -0.3 is 10.1 Å². The molecule has 0 aliphatic rings. The highest BCUT2D eigenvalue weighted by atomic mass is 32.2. The van der Waals surface area contributed by atoms with Crippen LogP contribution in [0.1, 0.15) is 21.2 Å². The van der Waals surface area contributed by atoms with E-state index in [1.165, 1.54) is 11.3 Å². The van der Waals surface area contributed by atoms with Crippen molar-refractivity contribution in [1.82, 2.24) is 5.32 Å². The first-order valence-electron chi connectivity index (χ1n) is 8.27. The maximum absolute atomic E-state index is 13.1. The number of rotatable bonds is 7. The largest absolute Gasteiger partial charge is 0.497 e. The molecule has 0 spiro atoms. The van der Waals surface area contributed by atoms with Crippen molar-refractivity contribution in [2.24, 2.45) is 0 Å². The summed E-state index contributed by atoms with van der Waals surface area (Å²) in [6, 6.07) is 18.9. The van der Waals surface area contributed by atoms with Crippen molar-refractivity contribution in [1.29, 1.82) is 0 Å². The fourth-order valence-electron chi connectivity index (χ4n) is 2.67. The van der Waals surface area contributed by atoms with Crippen molar-refractivity contribution in [3.63, 3.8) is 0 Å². The molecule has 2 aromatic carbocycles. The number of ether oxygens (including phenoxy) is 1. The van der Waals surface area contributed by atoms with Gasteiger partial charge >= 0.3 is 0 Å². The summed E-state index contributed by atoms with van der Waals surface area (Å²) in [5.41, 5.74) is 1.08. The molecule has 1 aromatic heterocycles. The summed E-state index contributed by atoms with van der Waals surface area (Å²) in [6.07, 6.45) is 0. The molecule has 0 saturated carbocycles. The summed E-state index contributed by atoms with van der Waals surface area (Å²) in [5.74, 6) is 0.314. The van der Waals surface area contributed by atoms with E-state index in [1.807, 2.05) is 6.07 Å². The number of amides is 1. The molecular formula is C20H19NO4S2. The van der Waals surface area contributed by atoms with Crippen LogP contribution in [0.5, 0.6) is 5.75 Å². The van der Waals surface area contributed by atoms with Crippen molar-refractivity contribution in [3.05, 3.63) is 83.2 Å². The second-order valence-electron chi connectivity index (χ2n) is 5.81. The molecule has 0 saturated heterocycles. The van der Waals surface area contributed by atoms with Crippen molar-refractivity contribution in [2.75, 3.05) is 13.7 Å². The molecule has 0 aliphatic heterocycles. The van der Waals surface area contributed by atoms with Crippen LogP contribution in [0, 0.1) is 0 Å². The SMILES string of the molecule is COc1ccc(C(=O)NC[C@@H](c2ccccc2)S(=O)(=O)c2cccs2)cc1. The van der Waals surface area contributed by atoms with Gasteiger partial charge in [-0.1, -0.05) is 36.4 Å². The van der Waals surface area contributed by atoms with Gasteiger partial charge in [0.2, 0.25) is 0 Å². The minimum Gasteiger partial charge on any atom is -0.497 e. The molecule has 1 amide bonds. The number of benzene rings is 2. The lowest BCUT2D eigenvalue weighted by molar-refractivity contribution is 0.0953. The summed E-state index contributed by atoms with van der Waals surface area (Å²) < 4.78 is 31.5. The predicted octanol–water partition coefficient (Wildman–Crippen LogP) is 3.70. The molecule has 5 nitrogen and oxygen atoms in total. The highest BCUT2D eigenvalue weighted by Gasteiger charge is 2.30. The Morgan fingerprint density at radius 1 is 1.04 bits per heavy atom. The lowest BCUT2D eigenvalue weighted by Crippen LogP contribution is -2.31. The molecule has 27 heavy (non-hydrogen) atoms. The van der Waals surface area contributed by atoms with Crippen LogP contribution in [0.25, 0.3) is 0 Å². The van der Waals surface area contributed by atoms with E-state index >= 15 is 0 Å². The van der Waals surface area contributed by atoms with Crippen LogP contribution in [0.2, 0.25) is 0 Å². The first-order valence-corrected chi connectivity index (χ1v) is 10.7. The molecule has 3 rings (SSSR count). The van der Waals surface area contributed by atoms with E-state index in [0.29, 0.717) is 16.9 Å². The summed E-state index contributed by atoms with van der Waals surface area (Å²) in [6.45, 7) is -0.0187. The average Bonchev–Trinajstić information content (AvgIpc) is 3.24. The van der Waals surface area contributed by atoms with Gasteiger partial charge in [-0.25, -0.2) is 8.42 Å². The molecule has 0 fully saturated rings. The molecule has 0 aliphatic carbocycles. The van der Waals surface area contributed by atoms with Crippen LogP contribution in [0.4, 0.5) is 0 Å². The minimum absolute atomic E-state index is 0.0187. The standard InChI is InChI=1S/C20H19NO4S2/c1-25-17-11-9-16(10-12-17)20(22)21-14-18(15-6-3-2-4-7-15)27(23,24)19-8-5-13-26-19/h2-13,18H,14H2,1H3,(H,21,22)/t18-/m0/s1. The Labute approximate surface area is 162 Å². The van der Waals surface area contributed by atoms with Crippen molar-refractivity contribution in [2.45, 2.75) is 9.46 Å². The molecule has 1 atom stereocenters. The van der Waals surface area contributed by atoms with Crippen LogP contribution in [-0.4, -0.2) is 28.0 Å². The molecule has 1 heterocycles. The minimum atomic E-state index is -3.62. The number of hydrogen-bond acceptors (Lipinski definition) is 5. The van der Waals surface area contributed by atoms with Crippen LogP contribution in [-0.2, 0) is 9.84 Å². The zero-order valence-corrected chi connectivity index (χ0v) is 16.3. The van der Waals surface area contributed by atoms with E-state index in [2.05, 4.69) is 5.32 Å². The van der Waals surface area contributed by atoms with Gasteiger partial charge in [0, 0.05) is 12.1 Å². The Hall–Kier alpha value is -2.64. The Morgan fingerprint density at radius 3 is 2.33 bits per heavy atom. The third-order valence-electron chi connectivity index (χ3n) is 4.12. The fourth-order valence-corrected chi connectivity index (χ4v) is 5.54. The van der Waals surface area contributed by atoms with Crippen molar-refractivity contribution < 1.29 is 17.9 Å². The van der Waals surface area contributed by atoms with Crippen LogP contribution >= 0.6 is 11.3 Å². The molecule has 0 bridgehead atoms. The number of carbonyl (C=O) groups is 1. The fraction of sp³-hybridized carbons (Fsp3) is 0.150. The molecule has 0 unspecified atom stereocenters. The summed E-state index contributed by atoms with van der Waals surface area (Å²) in [4.78, 5) is 12.4. The predicted molar refractivity (Wildman–Crippen MR) is 106 cm³/mol. The monoisotopic (exact) mass is 401 g/mol. The van der Waals surface area contributed by atoms with Gasteiger partial charge in [-0.3, -0.25) is 4.79 Å². The van der Waals surface area contributed by atoms with E-state index in [4.69, 9.17) is 4.74 Å². The normalized spacial score (nSPS) is 12.3. The molecule has 7 heteroatoms. The van der Waals surface area contributed by atoms with Gasteiger partial charge in [0.1, 0.15) is 15.2 Å². The Kier molecular flexibility index (Phi) is 5.93. The second kappa shape index (κ2) is 8.37. The average molecular weight is 402 g/mol. The maximum atomic E-state index is 13.1. The molecule has 0 radical (unpaired) electrons. The third kappa shape index (κ3) is 4.37. The van der Waals surface area contributed by atoms with Crippen LogP contribution in [0.3, 0.4) is 0 Å². The van der Waals surface area contributed by atoms with Crippen molar-refractivity contribution >= 4 is 27.1 Å². The van der Waals surface area contributed by atoms with Gasteiger partial charge in [0.05, 0.1) is 7.11 Å². The summed E-state index contributed by atoms with van der Waals surface area (Å²) >= 11 is 1.17. The second-order valence-corrected chi connectivity index (χ2v) is 9.12. The van der Waals surface area contributed by atoms with E-state index in [1.54, 1.807) is 73.2 Å². The molecule has 1 N–H and O–H groups in total. The number of sulfone groups is 1. The molecule has 3 aromatic rings. The number of hydrogen-bond donors (Lipinski definition) is 1. The molecular weight excluding hydrogens is 382 g/mol. The zero-order valence-electron chi connectivity index (χ0n) is 14.7. The smallest absolute Gasteiger partial charge is 0.251 e. The Morgan fingerprint density at radius 2 is 1.74 bits per heavy atom. The van der Waals surface area contributed by atoms with Gasteiger partial charge in [0.25, 0.3) is 5.91 Å². The lowest BCUT2D eigenvalue weighted by atomic mass is 10.1. The number of thiophene rings is 1. The molecule has 140 valence electrons. The van der Waals surface area contributed by atoms with Gasteiger partial charge in [-0.2, -0.15) is 0 Å². The Bertz CT molecular complexity index is 982. The van der Waals surface area contributed by atoms with Gasteiger partial charge in [-0.05, 0) is 41.3 Å². The number of carbonyl (C=O) groups excluding carboxylic acids is 1. The summed E-state index contributed by atoms with van der Waals surface area (Å²) in [7, 11) is -2.06. The highest BCUT2D eigenvalue weighted by Crippen LogP contribution is 2.31. The topological polar surface area (TPSA) is 72.5 Å².